The minimum atomic E-state index is 0.435. The summed E-state index contributed by atoms with van der Waals surface area (Å²) in [6.45, 7) is 3.86. The van der Waals surface area contributed by atoms with E-state index in [1.165, 1.54) is 0 Å². The number of methoxy groups -OCH3 is 3. The van der Waals surface area contributed by atoms with Crippen molar-refractivity contribution < 1.29 is 14.2 Å². The quantitative estimate of drug-likeness (QED) is 0.550. The molecule has 142 valence electrons. The van der Waals surface area contributed by atoms with E-state index in [4.69, 9.17) is 14.2 Å². The van der Waals surface area contributed by atoms with E-state index in [1.54, 1.807) is 33.6 Å². The highest BCUT2D eigenvalue weighted by atomic mass is 16.5. The van der Waals surface area contributed by atoms with Gasteiger partial charge in [0.25, 0.3) is 0 Å². The van der Waals surface area contributed by atoms with E-state index in [0.29, 0.717) is 36.3 Å². The molecule has 0 amide bonds. The fraction of sp³-hybridized carbons (Fsp3) is 0.444. The van der Waals surface area contributed by atoms with Crippen LogP contribution in [0.15, 0.2) is 29.4 Å². The van der Waals surface area contributed by atoms with Crippen LogP contribution in [0.25, 0.3) is 0 Å². The van der Waals surface area contributed by atoms with Gasteiger partial charge in [0.2, 0.25) is 0 Å². The number of ether oxygens (including phenoxy) is 3. The molecule has 0 aliphatic rings. The lowest BCUT2D eigenvalue weighted by molar-refractivity contribution is 0.347. The van der Waals surface area contributed by atoms with Crippen molar-refractivity contribution in [2.75, 3.05) is 27.9 Å². The number of rotatable bonds is 8. The predicted octanol–water partition coefficient (Wildman–Crippen LogP) is 1.70. The van der Waals surface area contributed by atoms with Gasteiger partial charge in [-0.25, -0.2) is 4.99 Å². The summed E-state index contributed by atoms with van der Waals surface area (Å²) in [6, 6.07) is 5.65. The second-order valence-corrected chi connectivity index (χ2v) is 5.51. The Labute approximate surface area is 154 Å². The molecule has 0 fully saturated rings. The molecular weight excluding hydrogens is 334 g/mol. The molecular formula is C18H27N5O3. The fourth-order valence-electron chi connectivity index (χ4n) is 2.47. The van der Waals surface area contributed by atoms with Gasteiger partial charge in [-0.15, -0.1) is 0 Å². The summed E-state index contributed by atoms with van der Waals surface area (Å²) in [4.78, 5) is 4.64. The maximum Gasteiger partial charge on any atom is 0.191 e. The molecule has 0 unspecified atom stereocenters. The van der Waals surface area contributed by atoms with Crippen LogP contribution in [0.3, 0.4) is 0 Å². The van der Waals surface area contributed by atoms with E-state index in [0.717, 1.165) is 17.8 Å². The SMILES string of the molecule is CCNC(=NCc1cc(OC)c(OC)cc1OC)NCc1ccnn1C. The second-order valence-electron chi connectivity index (χ2n) is 5.51. The van der Waals surface area contributed by atoms with E-state index in [9.17, 15) is 0 Å². The molecule has 0 spiro atoms. The van der Waals surface area contributed by atoms with Crippen LogP contribution in [0.2, 0.25) is 0 Å². The highest BCUT2D eigenvalue weighted by Crippen LogP contribution is 2.34. The van der Waals surface area contributed by atoms with E-state index < -0.39 is 0 Å². The number of nitrogens with one attached hydrogen (secondary N) is 2. The Morgan fingerprint density at radius 2 is 1.77 bits per heavy atom. The topological polar surface area (TPSA) is 81.9 Å². The number of guanidine groups is 1. The Morgan fingerprint density at radius 3 is 2.35 bits per heavy atom. The summed E-state index contributed by atoms with van der Waals surface area (Å²) in [5.41, 5.74) is 1.97. The molecule has 8 heteroatoms. The summed E-state index contributed by atoms with van der Waals surface area (Å²) >= 11 is 0. The van der Waals surface area contributed by atoms with Crippen molar-refractivity contribution in [1.82, 2.24) is 20.4 Å². The third kappa shape index (κ3) is 4.81. The van der Waals surface area contributed by atoms with Gasteiger partial charge < -0.3 is 24.8 Å². The first-order chi connectivity index (χ1) is 12.6. The van der Waals surface area contributed by atoms with Crippen molar-refractivity contribution in [2.24, 2.45) is 12.0 Å². The van der Waals surface area contributed by atoms with Crippen molar-refractivity contribution in [3.63, 3.8) is 0 Å². The zero-order valence-corrected chi connectivity index (χ0v) is 16.0. The first kappa shape index (κ1) is 19.4. The average molecular weight is 361 g/mol. The van der Waals surface area contributed by atoms with Crippen LogP contribution in [0.4, 0.5) is 0 Å². The van der Waals surface area contributed by atoms with E-state index in [-0.39, 0.29) is 0 Å². The molecule has 2 aromatic rings. The molecule has 0 aliphatic heterocycles. The van der Waals surface area contributed by atoms with E-state index >= 15 is 0 Å². The van der Waals surface area contributed by atoms with Crippen LogP contribution in [0, 0.1) is 0 Å². The molecule has 0 aliphatic carbocycles. The van der Waals surface area contributed by atoms with Gasteiger partial charge in [-0.1, -0.05) is 0 Å². The number of hydrogen-bond donors (Lipinski definition) is 2. The lowest BCUT2D eigenvalue weighted by atomic mass is 10.1. The highest BCUT2D eigenvalue weighted by Gasteiger charge is 2.12. The summed E-state index contributed by atoms with van der Waals surface area (Å²) in [5, 5.41) is 10.7. The van der Waals surface area contributed by atoms with Crippen molar-refractivity contribution >= 4 is 5.96 Å². The Balaban J connectivity index is 2.16. The van der Waals surface area contributed by atoms with E-state index in [1.807, 2.05) is 30.8 Å². The normalized spacial score (nSPS) is 11.2. The van der Waals surface area contributed by atoms with Gasteiger partial charge in [0.1, 0.15) is 5.75 Å². The standard InChI is InChI=1S/C18H27N5O3/c1-6-19-18(21-12-14-7-8-22-23(14)2)20-11-13-9-16(25-4)17(26-5)10-15(13)24-3/h7-10H,6,11-12H2,1-5H3,(H2,19,20,21). The van der Waals surface area contributed by atoms with Crippen LogP contribution in [0.5, 0.6) is 17.2 Å². The molecule has 1 heterocycles. The fourth-order valence-corrected chi connectivity index (χ4v) is 2.47. The third-order valence-corrected chi connectivity index (χ3v) is 3.90. The van der Waals surface area contributed by atoms with Crippen LogP contribution >= 0.6 is 0 Å². The summed E-state index contributed by atoms with van der Waals surface area (Å²) < 4.78 is 18.0. The molecule has 0 saturated heterocycles. The molecule has 0 saturated carbocycles. The molecule has 0 radical (unpaired) electrons. The number of aryl methyl sites for hydroxylation is 1. The predicted molar refractivity (Wildman–Crippen MR) is 101 cm³/mol. The van der Waals surface area contributed by atoms with Crippen molar-refractivity contribution in [2.45, 2.75) is 20.0 Å². The zero-order chi connectivity index (χ0) is 18.9. The highest BCUT2D eigenvalue weighted by molar-refractivity contribution is 5.79. The van der Waals surface area contributed by atoms with Crippen LogP contribution in [-0.2, 0) is 20.1 Å². The summed E-state index contributed by atoms with van der Waals surface area (Å²) in [7, 11) is 6.74. The molecule has 2 N–H and O–H groups in total. The smallest absolute Gasteiger partial charge is 0.191 e. The monoisotopic (exact) mass is 361 g/mol. The molecule has 0 atom stereocenters. The van der Waals surface area contributed by atoms with Gasteiger partial charge in [0.15, 0.2) is 17.5 Å². The largest absolute Gasteiger partial charge is 0.496 e. The van der Waals surface area contributed by atoms with Gasteiger partial charge in [-0.2, -0.15) is 5.10 Å². The van der Waals surface area contributed by atoms with E-state index in [2.05, 4.69) is 20.7 Å². The lowest BCUT2D eigenvalue weighted by Crippen LogP contribution is -2.37. The molecule has 8 nitrogen and oxygen atoms in total. The lowest BCUT2D eigenvalue weighted by Gasteiger charge is -2.14. The van der Waals surface area contributed by atoms with Gasteiger partial charge in [0, 0.05) is 31.4 Å². The van der Waals surface area contributed by atoms with Crippen LogP contribution < -0.4 is 24.8 Å². The first-order valence-electron chi connectivity index (χ1n) is 8.40. The number of benzene rings is 1. The van der Waals surface area contributed by atoms with Crippen LogP contribution in [0.1, 0.15) is 18.2 Å². The Kier molecular flexibility index (Phi) is 7.13. The minimum Gasteiger partial charge on any atom is -0.496 e. The van der Waals surface area contributed by atoms with Crippen molar-refractivity contribution in [3.8, 4) is 17.2 Å². The maximum absolute atomic E-state index is 5.46. The van der Waals surface area contributed by atoms with Gasteiger partial charge in [0.05, 0.1) is 40.1 Å². The Bertz CT molecular complexity index is 742. The molecule has 1 aromatic heterocycles. The number of aliphatic imine (C=N–C) groups is 1. The molecule has 2 rings (SSSR count). The third-order valence-electron chi connectivity index (χ3n) is 3.90. The van der Waals surface area contributed by atoms with Gasteiger partial charge in [-0.3, -0.25) is 4.68 Å². The zero-order valence-electron chi connectivity index (χ0n) is 16.0. The van der Waals surface area contributed by atoms with Gasteiger partial charge >= 0.3 is 0 Å². The average Bonchev–Trinajstić information content (AvgIpc) is 3.08. The molecule has 26 heavy (non-hydrogen) atoms. The number of hydrogen-bond acceptors (Lipinski definition) is 5. The number of aromatic nitrogens is 2. The second kappa shape index (κ2) is 9.55. The maximum atomic E-state index is 5.46. The molecule has 0 bridgehead atoms. The van der Waals surface area contributed by atoms with Crippen molar-refractivity contribution in [1.29, 1.82) is 0 Å². The minimum absolute atomic E-state index is 0.435. The Hall–Kier alpha value is -2.90. The summed E-state index contributed by atoms with van der Waals surface area (Å²) in [6.07, 6.45) is 1.77. The molecule has 1 aromatic carbocycles. The Morgan fingerprint density at radius 1 is 1.08 bits per heavy atom. The van der Waals surface area contributed by atoms with Gasteiger partial charge in [-0.05, 0) is 19.1 Å². The first-order valence-corrected chi connectivity index (χ1v) is 8.40. The van der Waals surface area contributed by atoms with Crippen LogP contribution in [-0.4, -0.2) is 43.6 Å². The number of nitrogens with zero attached hydrogens (tertiary/aromatic N) is 3. The summed E-state index contributed by atoms with van der Waals surface area (Å²) in [5.74, 6) is 2.68. The van der Waals surface area contributed by atoms with Crippen molar-refractivity contribution in [3.05, 3.63) is 35.7 Å².